The van der Waals surface area contributed by atoms with Crippen LogP contribution in [0.1, 0.15) is 0 Å². The van der Waals surface area contributed by atoms with E-state index in [1.807, 2.05) is 11.3 Å². The van der Waals surface area contributed by atoms with Gasteiger partial charge in [-0.2, -0.15) is 0 Å². The SMILES string of the molecule is c1ccc(-c2cccc(-c3ccc(N(c4ccc(-c5cccc6sc7ccccc7c56)cc4)c4ccccc4-c4ccccc4-c4ccccc4-c4ccccc4)cc3)c2)cc1. The van der Waals surface area contributed by atoms with E-state index in [4.69, 9.17) is 0 Å². The molecule has 0 N–H and O–H groups in total. The Morgan fingerprint density at radius 3 is 1.35 bits per heavy atom. The molecule has 0 saturated carbocycles. The molecule has 2 heteroatoms. The van der Waals surface area contributed by atoms with E-state index in [-0.39, 0.29) is 0 Å². The number of nitrogens with zero attached hydrogens (tertiary/aromatic N) is 1. The lowest BCUT2D eigenvalue weighted by atomic mass is 9.88. The average Bonchev–Trinajstić information content (AvgIpc) is 3.75. The molecule has 10 aromatic carbocycles. The minimum Gasteiger partial charge on any atom is -0.310 e. The molecule has 0 fully saturated rings. The summed E-state index contributed by atoms with van der Waals surface area (Å²) in [5, 5.41) is 2.63. The number of fused-ring (bicyclic) bond motifs is 3. The van der Waals surface area contributed by atoms with Crippen LogP contribution >= 0.6 is 11.3 Å². The summed E-state index contributed by atoms with van der Waals surface area (Å²) >= 11 is 1.86. The standard InChI is InChI=1S/C60H41NS/c1-3-17-42(18-4-1)46-21-15-22-47(41-46)43-33-37-48(38-34-43)61(49-39-35-45(36-40-49)51-29-16-32-59-60(51)56-28-12-14-31-58(56)62-59)57-30-13-11-27-55(57)54-26-10-9-25-53(54)52-24-8-7-23-50(52)44-19-5-2-6-20-44/h1-41H. The first-order chi connectivity index (χ1) is 30.8. The quantitative estimate of drug-likeness (QED) is 0.140. The average molecular weight is 808 g/mol. The second-order valence-electron chi connectivity index (χ2n) is 15.6. The first kappa shape index (κ1) is 37.2. The minimum atomic E-state index is 1.08. The summed E-state index contributed by atoms with van der Waals surface area (Å²) in [5.41, 5.74) is 17.7. The van der Waals surface area contributed by atoms with E-state index in [0.29, 0.717) is 0 Å². The van der Waals surface area contributed by atoms with Gasteiger partial charge in [-0.1, -0.05) is 200 Å². The summed E-state index contributed by atoms with van der Waals surface area (Å²) in [6.07, 6.45) is 0. The van der Waals surface area contributed by atoms with Crippen molar-refractivity contribution < 1.29 is 0 Å². The van der Waals surface area contributed by atoms with Crippen LogP contribution in [-0.4, -0.2) is 0 Å². The molecule has 0 amide bonds. The fourth-order valence-electron chi connectivity index (χ4n) is 8.98. The molecule has 11 rings (SSSR count). The third-order valence-corrected chi connectivity index (χ3v) is 13.1. The summed E-state index contributed by atoms with van der Waals surface area (Å²) in [6, 6.07) is 90.3. The lowest BCUT2D eigenvalue weighted by Gasteiger charge is -2.29. The minimum absolute atomic E-state index is 1.08. The van der Waals surface area contributed by atoms with Gasteiger partial charge in [0.25, 0.3) is 0 Å². The molecule has 0 aliphatic carbocycles. The van der Waals surface area contributed by atoms with Crippen molar-refractivity contribution in [1.29, 1.82) is 0 Å². The van der Waals surface area contributed by atoms with E-state index < -0.39 is 0 Å². The lowest BCUT2D eigenvalue weighted by molar-refractivity contribution is 1.28. The number of rotatable bonds is 9. The molecule has 0 atom stereocenters. The maximum Gasteiger partial charge on any atom is 0.0540 e. The van der Waals surface area contributed by atoms with E-state index in [1.165, 1.54) is 81.4 Å². The first-order valence-electron chi connectivity index (χ1n) is 21.2. The molecule has 1 nitrogen and oxygen atoms in total. The van der Waals surface area contributed by atoms with Crippen molar-refractivity contribution >= 4 is 48.6 Å². The Balaban J connectivity index is 1.05. The second kappa shape index (κ2) is 16.3. The molecular weight excluding hydrogens is 767 g/mol. The van der Waals surface area contributed by atoms with Crippen molar-refractivity contribution in [1.82, 2.24) is 0 Å². The zero-order valence-corrected chi connectivity index (χ0v) is 34.8. The van der Waals surface area contributed by atoms with Crippen molar-refractivity contribution in [2.75, 3.05) is 4.90 Å². The van der Waals surface area contributed by atoms with Crippen molar-refractivity contribution in [3.8, 4) is 66.8 Å². The number of thiophene rings is 1. The highest BCUT2D eigenvalue weighted by Crippen LogP contribution is 2.46. The summed E-state index contributed by atoms with van der Waals surface area (Å²) < 4.78 is 2.63. The highest BCUT2D eigenvalue weighted by atomic mass is 32.1. The molecule has 0 bridgehead atoms. The van der Waals surface area contributed by atoms with Crippen LogP contribution < -0.4 is 4.90 Å². The Morgan fingerprint density at radius 2 is 0.677 bits per heavy atom. The van der Waals surface area contributed by atoms with E-state index in [1.54, 1.807) is 0 Å². The van der Waals surface area contributed by atoms with Crippen LogP contribution in [0.3, 0.4) is 0 Å². The molecule has 292 valence electrons. The maximum absolute atomic E-state index is 2.42. The largest absolute Gasteiger partial charge is 0.310 e. The number of hydrogen-bond donors (Lipinski definition) is 0. The van der Waals surface area contributed by atoms with E-state index in [0.717, 1.165) is 22.6 Å². The molecule has 11 aromatic rings. The van der Waals surface area contributed by atoms with E-state index >= 15 is 0 Å². The molecular formula is C60H41NS. The van der Waals surface area contributed by atoms with Crippen LogP contribution in [-0.2, 0) is 0 Å². The predicted octanol–water partition coefficient (Wildman–Crippen LogP) is 17.5. The zero-order valence-electron chi connectivity index (χ0n) is 34.0. The Labute approximate surface area is 367 Å². The lowest BCUT2D eigenvalue weighted by Crippen LogP contribution is -2.11. The monoisotopic (exact) mass is 807 g/mol. The van der Waals surface area contributed by atoms with Crippen LogP contribution in [0.4, 0.5) is 17.1 Å². The number of hydrogen-bond acceptors (Lipinski definition) is 2. The smallest absolute Gasteiger partial charge is 0.0540 e. The Morgan fingerprint density at radius 1 is 0.258 bits per heavy atom. The van der Waals surface area contributed by atoms with Gasteiger partial charge in [0.05, 0.1) is 5.69 Å². The van der Waals surface area contributed by atoms with Gasteiger partial charge >= 0.3 is 0 Å². The fraction of sp³-hybridized carbons (Fsp3) is 0. The van der Waals surface area contributed by atoms with Crippen LogP contribution in [0.15, 0.2) is 249 Å². The van der Waals surface area contributed by atoms with Crippen molar-refractivity contribution in [2.45, 2.75) is 0 Å². The molecule has 1 aromatic heterocycles. The summed E-state index contributed by atoms with van der Waals surface area (Å²) in [5.74, 6) is 0. The highest BCUT2D eigenvalue weighted by Gasteiger charge is 2.21. The van der Waals surface area contributed by atoms with Gasteiger partial charge in [0.15, 0.2) is 0 Å². The van der Waals surface area contributed by atoms with Crippen LogP contribution in [0.5, 0.6) is 0 Å². The van der Waals surface area contributed by atoms with E-state index in [9.17, 15) is 0 Å². The summed E-state index contributed by atoms with van der Waals surface area (Å²) in [6.45, 7) is 0. The zero-order chi connectivity index (χ0) is 41.2. The number of para-hydroxylation sites is 1. The van der Waals surface area contributed by atoms with Crippen molar-refractivity contribution in [2.24, 2.45) is 0 Å². The van der Waals surface area contributed by atoms with Gasteiger partial charge in [-0.25, -0.2) is 0 Å². The van der Waals surface area contributed by atoms with Crippen LogP contribution in [0.2, 0.25) is 0 Å². The van der Waals surface area contributed by atoms with Crippen LogP contribution in [0.25, 0.3) is 86.9 Å². The molecule has 0 radical (unpaired) electrons. The van der Waals surface area contributed by atoms with Crippen molar-refractivity contribution in [3.63, 3.8) is 0 Å². The molecule has 0 unspecified atom stereocenters. The first-order valence-corrected chi connectivity index (χ1v) is 22.0. The van der Waals surface area contributed by atoms with Gasteiger partial charge in [0.2, 0.25) is 0 Å². The molecule has 0 aliphatic heterocycles. The van der Waals surface area contributed by atoms with Crippen LogP contribution in [0, 0.1) is 0 Å². The van der Waals surface area contributed by atoms with Gasteiger partial charge in [-0.3, -0.25) is 0 Å². The molecule has 1 heterocycles. The number of anilines is 3. The highest BCUT2D eigenvalue weighted by molar-refractivity contribution is 7.25. The molecule has 0 aliphatic rings. The van der Waals surface area contributed by atoms with Crippen molar-refractivity contribution in [3.05, 3.63) is 249 Å². The summed E-state index contributed by atoms with van der Waals surface area (Å²) in [7, 11) is 0. The third kappa shape index (κ3) is 6.97. The van der Waals surface area contributed by atoms with Gasteiger partial charge in [0.1, 0.15) is 0 Å². The molecule has 62 heavy (non-hydrogen) atoms. The molecule has 0 spiro atoms. The Hall–Kier alpha value is -7.78. The van der Waals surface area contributed by atoms with Gasteiger partial charge in [0, 0.05) is 37.1 Å². The third-order valence-electron chi connectivity index (χ3n) is 11.9. The Kier molecular flexibility index (Phi) is 9.82. The topological polar surface area (TPSA) is 3.24 Å². The summed E-state index contributed by atoms with van der Waals surface area (Å²) in [4.78, 5) is 2.42. The normalized spacial score (nSPS) is 11.2. The second-order valence-corrected chi connectivity index (χ2v) is 16.7. The Bertz CT molecular complexity index is 3330. The fourth-order valence-corrected chi connectivity index (χ4v) is 10.1. The van der Waals surface area contributed by atoms with Gasteiger partial charge in [-0.15, -0.1) is 11.3 Å². The number of benzene rings is 10. The van der Waals surface area contributed by atoms with Gasteiger partial charge < -0.3 is 4.90 Å². The predicted molar refractivity (Wildman–Crippen MR) is 267 cm³/mol. The van der Waals surface area contributed by atoms with Gasteiger partial charge in [-0.05, 0) is 110 Å². The van der Waals surface area contributed by atoms with E-state index in [2.05, 4.69) is 254 Å². The molecule has 0 saturated heterocycles. The maximum atomic E-state index is 2.42.